The fourth-order valence-corrected chi connectivity index (χ4v) is 2.09. The van der Waals surface area contributed by atoms with Gasteiger partial charge in [-0.15, -0.1) is 11.3 Å². The van der Waals surface area contributed by atoms with Crippen LogP contribution in [0.1, 0.15) is 34.1 Å². The lowest BCUT2D eigenvalue weighted by molar-refractivity contribution is 0.0667. The Kier molecular flexibility index (Phi) is 5.73. The van der Waals surface area contributed by atoms with Crippen LogP contribution < -0.4 is 0 Å². The van der Waals surface area contributed by atoms with Gasteiger partial charge >= 0.3 is 5.97 Å². The molecule has 1 rings (SSSR count). The third-order valence-corrected chi connectivity index (χ3v) is 3.12. The van der Waals surface area contributed by atoms with Crippen molar-refractivity contribution in [3.05, 3.63) is 16.1 Å². The van der Waals surface area contributed by atoms with Crippen LogP contribution in [-0.4, -0.2) is 53.2 Å². The number of ether oxygens (including phenoxy) is 1. The number of aromatic carboxylic acids is 1. The highest BCUT2D eigenvalue weighted by atomic mass is 32.1. The van der Waals surface area contributed by atoms with E-state index in [9.17, 15) is 9.59 Å². The second kappa shape index (κ2) is 7.07. The maximum atomic E-state index is 12.0. The van der Waals surface area contributed by atoms with Crippen molar-refractivity contribution < 1.29 is 19.4 Å². The molecule has 0 saturated carbocycles. The molecule has 1 N–H and O–H groups in total. The molecular weight excluding hydrogens is 256 g/mol. The summed E-state index contributed by atoms with van der Waals surface area (Å²) in [7, 11) is 0. The predicted octanol–water partition coefficient (Wildman–Crippen LogP) is 1.34. The second-order valence-corrected chi connectivity index (χ2v) is 4.28. The van der Waals surface area contributed by atoms with Gasteiger partial charge in [0.05, 0.1) is 6.61 Å². The number of carbonyl (C=O) groups is 2. The molecule has 0 saturated heterocycles. The zero-order chi connectivity index (χ0) is 13.5. The van der Waals surface area contributed by atoms with Crippen LogP contribution in [0.5, 0.6) is 0 Å². The zero-order valence-electron chi connectivity index (χ0n) is 10.4. The van der Waals surface area contributed by atoms with Crippen LogP contribution in [0, 0.1) is 0 Å². The molecule has 0 radical (unpaired) electrons. The average Bonchev–Trinajstić information content (AvgIpc) is 2.83. The first-order valence-corrected chi connectivity index (χ1v) is 6.53. The van der Waals surface area contributed by atoms with Crippen molar-refractivity contribution in [2.75, 3.05) is 26.3 Å². The Morgan fingerprint density at radius 3 is 2.72 bits per heavy atom. The lowest BCUT2D eigenvalue weighted by Gasteiger charge is -2.19. The number of amides is 1. The minimum atomic E-state index is -1.12. The van der Waals surface area contributed by atoms with Gasteiger partial charge in [-0.1, -0.05) is 0 Å². The number of carboxylic acid groups (broad SMARTS) is 1. The van der Waals surface area contributed by atoms with Crippen molar-refractivity contribution >= 4 is 23.2 Å². The van der Waals surface area contributed by atoms with Crippen LogP contribution in [-0.2, 0) is 4.74 Å². The van der Waals surface area contributed by atoms with Gasteiger partial charge in [-0.25, -0.2) is 9.78 Å². The number of carboxylic acids is 1. The van der Waals surface area contributed by atoms with Crippen molar-refractivity contribution in [3.63, 3.8) is 0 Å². The van der Waals surface area contributed by atoms with Crippen molar-refractivity contribution in [1.29, 1.82) is 0 Å². The van der Waals surface area contributed by atoms with E-state index < -0.39 is 5.97 Å². The van der Waals surface area contributed by atoms with Crippen LogP contribution in [0.25, 0.3) is 0 Å². The second-order valence-electron chi connectivity index (χ2n) is 3.42. The molecule has 1 heterocycles. The van der Waals surface area contributed by atoms with E-state index in [1.165, 1.54) is 5.38 Å². The summed E-state index contributed by atoms with van der Waals surface area (Å²) in [5.74, 6) is -1.38. The monoisotopic (exact) mass is 272 g/mol. The summed E-state index contributed by atoms with van der Waals surface area (Å²) < 4.78 is 5.19. The van der Waals surface area contributed by atoms with Gasteiger partial charge in [0.25, 0.3) is 5.91 Å². The van der Waals surface area contributed by atoms with E-state index in [1.54, 1.807) is 4.90 Å². The van der Waals surface area contributed by atoms with E-state index in [0.29, 0.717) is 26.3 Å². The molecule has 1 aromatic rings. The number of aromatic nitrogens is 1. The molecule has 1 amide bonds. The van der Waals surface area contributed by atoms with Crippen molar-refractivity contribution in [2.45, 2.75) is 13.8 Å². The molecule has 7 heteroatoms. The summed E-state index contributed by atoms with van der Waals surface area (Å²) >= 11 is 1.04. The number of carbonyl (C=O) groups excluding carboxylic acids is 1. The molecule has 0 atom stereocenters. The molecule has 18 heavy (non-hydrogen) atoms. The van der Waals surface area contributed by atoms with Gasteiger partial charge in [0.2, 0.25) is 0 Å². The summed E-state index contributed by atoms with van der Waals surface area (Å²) in [6, 6.07) is 0. The molecule has 0 aliphatic carbocycles. The molecule has 0 aromatic carbocycles. The Bertz CT molecular complexity index is 419. The topological polar surface area (TPSA) is 79.7 Å². The fourth-order valence-electron chi connectivity index (χ4n) is 1.33. The summed E-state index contributed by atoms with van der Waals surface area (Å²) in [6.07, 6.45) is 0. The molecular formula is C11H16N2O4S. The Morgan fingerprint density at radius 1 is 1.50 bits per heavy atom. The first-order valence-electron chi connectivity index (χ1n) is 5.66. The van der Waals surface area contributed by atoms with E-state index in [2.05, 4.69) is 4.98 Å². The van der Waals surface area contributed by atoms with Gasteiger partial charge in [0, 0.05) is 25.1 Å². The number of thiazole rings is 1. The average molecular weight is 272 g/mol. The molecule has 100 valence electrons. The normalized spacial score (nSPS) is 10.3. The minimum absolute atomic E-state index is 0.0933. The molecule has 1 aromatic heterocycles. The number of nitrogens with zero attached hydrogens (tertiary/aromatic N) is 2. The van der Waals surface area contributed by atoms with Gasteiger partial charge in [-0.2, -0.15) is 0 Å². The Labute approximate surface area is 109 Å². The number of likely N-dealkylation sites (N-methyl/N-ethyl adjacent to an activating group) is 1. The van der Waals surface area contributed by atoms with Gasteiger partial charge in [-0.3, -0.25) is 4.79 Å². The zero-order valence-corrected chi connectivity index (χ0v) is 11.2. The molecule has 0 spiro atoms. The maximum absolute atomic E-state index is 12.0. The van der Waals surface area contributed by atoms with E-state index in [4.69, 9.17) is 9.84 Å². The Hall–Kier alpha value is -1.47. The van der Waals surface area contributed by atoms with Crippen LogP contribution in [0.4, 0.5) is 0 Å². The third kappa shape index (κ3) is 3.78. The predicted molar refractivity (Wildman–Crippen MR) is 67.1 cm³/mol. The van der Waals surface area contributed by atoms with Gasteiger partial charge in [0.1, 0.15) is 0 Å². The standard InChI is InChI=1S/C11H16N2O4S/c1-3-13(5-6-17-4-2)10(14)9-12-8(7-18-9)11(15)16/h7H,3-6H2,1-2H3,(H,15,16). The van der Waals surface area contributed by atoms with E-state index in [0.717, 1.165) is 11.3 Å². The lowest BCUT2D eigenvalue weighted by atomic mass is 10.4. The van der Waals surface area contributed by atoms with E-state index in [-0.39, 0.29) is 16.6 Å². The minimum Gasteiger partial charge on any atom is -0.476 e. The third-order valence-electron chi connectivity index (χ3n) is 2.28. The molecule has 0 unspecified atom stereocenters. The molecule has 0 bridgehead atoms. The summed E-state index contributed by atoms with van der Waals surface area (Å²) in [5.41, 5.74) is -0.0933. The highest BCUT2D eigenvalue weighted by Crippen LogP contribution is 2.12. The smallest absolute Gasteiger partial charge is 0.355 e. The SMILES string of the molecule is CCOCCN(CC)C(=O)c1nc(C(=O)O)cs1. The summed E-state index contributed by atoms with van der Waals surface area (Å²) in [4.78, 5) is 28.1. The maximum Gasteiger partial charge on any atom is 0.355 e. The number of hydrogen-bond donors (Lipinski definition) is 1. The quantitative estimate of drug-likeness (QED) is 0.758. The van der Waals surface area contributed by atoms with Crippen molar-refractivity contribution in [3.8, 4) is 0 Å². The number of rotatable bonds is 7. The molecule has 0 aliphatic rings. The van der Waals surface area contributed by atoms with Crippen LogP contribution in [0.15, 0.2) is 5.38 Å². The molecule has 6 nitrogen and oxygen atoms in total. The first-order chi connectivity index (χ1) is 8.60. The van der Waals surface area contributed by atoms with Crippen molar-refractivity contribution in [1.82, 2.24) is 9.88 Å². The van der Waals surface area contributed by atoms with Crippen molar-refractivity contribution in [2.24, 2.45) is 0 Å². The Balaban J connectivity index is 2.67. The molecule has 0 fully saturated rings. The van der Waals surface area contributed by atoms with Crippen LogP contribution >= 0.6 is 11.3 Å². The largest absolute Gasteiger partial charge is 0.476 e. The lowest BCUT2D eigenvalue weighted by Crippen LogP contribution is -2.33. The number of hydrogen-bond acceptors (Lipinski definition) is 5. The fraction of sp³-hybridized carbons (Fsp3) is 0.545. The van der Waals surface area contributed by atoms with Crippen LogP contribution in [0.2, 0.25) is 0 Å². The molecule has 0 aliphatic heterocycles. The highest BCUT2D eigenvalue weighted by Gasteiger charge is 2.19. The van der Waals surface area contributed by atoms with E-state index >= 15 is 0 Å². The summed E-state index contributed by atoms with van der Waals surface area (Å²) in [6.45, 7) is 5.83. The Morgan fingerprint density at radius 2 is 2.22 bits per heavy atom. The van der Waals surface area contributed by atoms with Crippen LogP contribution in [0.3, 0.4) is 0 Å². The van der Waals surface area contributed by atoms with Gasteiger partial charge < -0.3 is 14.7 Å². The first kappa shape index (κ1) is 14.6. The van der Waals surface area contributed by atoms with Gasteiger partial charge in [-0.05, 0) is 13.8 Å². The van der Waals surface area contributed by atoms with E-state index in [1.807, 2.05) is 13.8 Å². The summed E-state index contributed by atoms with van der Waals surface area (Å²) in [5, 5.41) is 10.3. The highest BCUT2D eigenvalue weighted by molar-refractivity contribution is 7.11. The van der Waals surface area contributed by atoms with Gasteiger partial charge in [0.15, 0.2) is 10.7 Å².